The van der Waals surface area contributed by atoms with Gasteiger partial charge in [0.15, 0.2) is 5.58 Å². The second-order valence-electron chi connectivity index (χ2n) is 11.7. The third-order valence-electron chi connectivity index (χ3n) is 7.16. The molecular formula is C34H33NOS. The van der Waals surface area contributed by atoms with Crippen LogP contribution in [0.25, 0.3) is 54.3 Å². The Bertz CT molecular complexity index is 1780. The number of aryl methyl sites for hydroxylation is 1. The van der Waals surface area contributed by atoms with Gasteiger partial charge in [-0.15, -0.1) is 11.3 Å². The van der Waals surface area contributed by atoms with Crippen LogP contribution in [0.5, 0.6) is 0 Å². The minimum atomic E-state index is 0.0205. The van der Waals surface area contributed by atoms with E-state index in [-0.39, 0.29) is 5.41 Å². The van der Waals surface area contributed by atoms with Crippen molar-refractivity contribution in [3.63, 3.8) is 0 Å². The van der Waals surface area contributed by atoms with Crippen molar-refractivity contribution in [2.75, 3.05) is 0 Å². The maximum atomic E-state index is 6.20. The molecule has 37 heavy (non-hydrogen) atoms. The third kappa shape index (κ3) is 4.36. The molecule has 0 unspecified atom stereocenters. The quantitative estimate of drug-likeness (QED) is 0.239. The van der Waals surface area contributed by atoms with Crippen LogP contribution < -0.4 is 0 Å². The van der Waals surface area contributed by atoms with Gasteiger partial charge in [0.2, 0.25) is 0 Å². The number of hydrogen-bond donors (Lipinski definition) is 0. The molecule has 0 spiro atoms. The summed E-state index contributed by atoms with van der Waals surface area (Å²) in [5.41, 5.74) is 8.95. The molecule has 0 radical (unpaired) electrons. The fraction of sp³-hybridized carbons (Fsp3) is 0.265. The Labute approximate surface area is 223 Å². The van der Waals surface area contributed by atoms with Gasteiger partial charge < -0.3 is 4.42 Å². The Morgan fingerprint density at radius 3 is 2.49 bits per heavy atom. The first-order valence-electron chi connectivity index (χ1n) is 13.1. The van der Waals surface area contributed by atoms with Gasteiger partial charge in [0.05, 0.1) is 5.69 Å². The molecule has 0 saturated carbocycles. The highest BCUT2D eigenvalue weighted by Crippen LogP contribution is 2.39. The Hall–Kier alpha value is -3.43. The van der Waals surface area contributed by atoms with Gasteiger partial charge in [0.1, 0.15) is 11.3 Å². The van der Waals surface area contributed by atoms with Gasteiger partial charge in [-0.1, -0.05) is 71.0 Å². The predicted octanol–water partition coefficient (Wildman–Crippen LogP) is 10.3. The van der Waals surface area contributed by atoms with Crippen molar-refractivity contribution in [1.29, 1.82) is 0 Å². The van der Waals surface area contributed by atoms with Gasteiger partial charge in [-0.2, -0.15) is 0 Å². The second kappa shape index (κ2) is 8.85. The molecule has 6 rings (SSSR count). The zero-order valence-corrected chi connectivity index (χ0v) is 23.3. The lowest BCUT2D eigenvalue weighted by Gasteiger charge is -2.23. The number of hydrogen-bond acceptors (Lipinski definition) is 3. The molecule has 0 N–H and O–H groups in total. The molecule has 0 aliphatic carbocycles. The van der Waals surface area contributed by atoms with Gasteiger partial charge >= 0.3 is 0 Å². The van der Waals surface area contributed by atoms with Crippen LogP contribution in [-0.2, 0) is 11.8 Å². The lowest BCUT2D eigenvalue weighted by atomic mass is 9.82. The van der Waals surface area contributed by atoms with E-state index in [0.717, 1.165) is 40.1 Å². The summed E-state index contributed by atoms with van der Waals surface area (Å²) < 4.78 is 7.53. The van der Waals surface area contributed by atoms with Crippen molar-refractivity contribution in [3.8, 4) is 22.4 Å². The molecule has 0 fully saturated rings. The maximum absolute atomic E-state index is 6.20. The highest BCUT2D eigenvalue weighted by molar-refractivity contribution is 7.17. The van der Waals surface area contributed by atoms with Crippen LogP contribution in [0.2, 0.25) is 0 Å². The van der Waals surface area contributed by atoms with E-state index in [4.69, 9.17) is 9.40 Å². The average Bonchev–Trinajstić information content (AvgIpc) is 3.43. The molecule has 3 aromatic heterocycles. The van der Waals surface area contributed by atoms with E-state index in [2.05, 4.69) is 107 Å². The molecule has 3 aromatic carbocycles. The molecule has 3 heterocycles. The zero-order chi connectivity index (χ0) is 25.9. The molecular weight excluding hydrogens is 470 g/mol. The minimum absolute atomic E-state index is 0.0205. The first-order valence-corrected chi connectivity index (χ1v) is 14.0. The number of aromatic nitrogens is 1. The Morgan fingerprint density at radius 1 is 0.892 bits per heavy atom. The molecule has 0 aliphatic heterocycles. The van der Waals surface area contributed by atoms with E-state index in [9.17, 15) is 0 Å². The summed E-state index contributed by atoms with van der Waals surface area (Å²) in [6, 6.07) is 24.4. The molecule has 0 aliphatic rings. The van der Waals surface area contributed by atoms with E-state index in [1.54, 1.807) is 0 Å². The SMILES string of the molecule is Cc1cc2nc(-c3cc(C(C)(C)C)c4ccccc4c3)cc(-c3ccc4c(CC(C)C)csc4c3)c2o1. The van der Waals surface area contributed by atoms with E-state index in [1.807, 2.05) is 18.3 Å². The fourth-order valence-corrected chi connectivity index (χ4v) is 6.44. The molecule has 0 amide bonds. The summed E-state index contributed by atoms with van der Waals surface area (Å²) in [6.45, 7) is 13.4. The monoisotopic (exact) mass is 503 g/mol. The molecule has 0 saturated heterocycles. The Kier molecular flexibility index (Phi) is 5.72. The number of furan rings is 1. The Morgan fingerprint density at radius 2 is 1.70 bits per heavy atom. The highest BCUT2D eigenvalue weighted by atomic mass is 32.1. The number of pyridine rings is 1. The van der Waals surface area contributed by atoms with Crippen LogP contribution in [0.3, 0.4) is 0 Å². The van der Waals surface area contributed by atoms with E-state index >= 15 is 0 Å². The van der Waals surface area contributed by atoms with Crippen LogP contribution >= 0.6 is 11.3 Å². The summed E-state index contributed by atoms with van der Waals surface area (Å²) in [7, 11) is 0. The lowest BCUT2D eigenvalue weighted by Crippen LogP contribution is -2.12. The smallest absolute Gasteiger partial charge is 0.160 e. The topological polar surface area (TPSA) is 26.0 Å². The van der Waals surface area contributed by atoms with Gasteiger partial charge in [-0.25, -0.2) is 4.98 Å². The number of fused-ring (bicyclic) bond motifs is 3. The van der Waals surface area contributed by atoms with Crippen molar-refractivity contribution in [3.05, 3.63) is 89.0 Å². The van der Waals surface area contributed by atoms with Crippen molar-refractivity contribution in [2.45, 2.75) is 53.4 Å². The summed E-state index contributed by atoms with van der Waals surface area (Å²) in [4.78, 5) is 5.09. The van der Waals surface area contributed by atoms with Gasteiger partial charge in [-0.05, 0) is 87.2 Å². The van der Waals surface area contributed by atoms with E-state index in [1.165, 1.54) is 37.5 Å². The van der Waals surface area contributed by atoms with Gasteiger partial charge in [0, 0.05) is 21.9 Å². The molecule has 6 aromatic rings. The van der Waals surface area contributed by atoms with E-state index < -0.39 is 0 Å². The van der Waals surface area contributed by atoms with Gasteiger partial charge in [-0.3, -0.25) is 0 Å². The summed E-state index contributed by atoms with van der Waals surface area (Å²) in [5, 5.41) is 6.24. The van der Waals surface area contributed by atoms with Crippen molar-refractivity contribution in [2.24, 2.45) is 5.92 Å². The summed E-state index contributed by atoms with van der Waals surface area (Å²) in [6.07, 6.45) is 1.11. The minimum Gasteiger partial charge on any atom is -0.459 e. The number of thiophene rings is 1. The van der Waals surface area contributed by atoms with Crippen LogP contribution in [0.4, 0.5) is 0 Å². The number of nitrogens with zero attached hydrogens (tertiary/aromatic N) is 1. The van der Waals surface area contributed by atoms with Crippen LogP contribution in [0, 0.1) is 12.8 Å². The van der Waals surface area contributed by atoms with E-state index in [0.29, 0.717) is 5.92 Å². The Balaban J connectivity index is 1.56. The van der Waals surface area contributed by atoms with Gasteiger partial charge in [0.25, 0.3) is 0 Å². The molecule has 0 atom stereocenters. The summed E-state index contributed by atoms with van der Waals surface area (Å²) in [5.74, 6) is 1.53. The van der Waals surface area contributed by atoms with Crippen molar-refractivity contribution in [1.82, 2.24) is 4.98 Å². The lowest BCUT2D eigenvalue weighted by molar-refractivity contribution is 0.579. The largest absolute Gasteiger partial charge is 0.459 e. The number of benzene rings is 3. The van der Waals surface area contributed by atoms with Crippen LogP contribution in [-0.4, -0.2) is 4.98 Å². The molecule has 0 bridgehead atoms. The summed E-state index contributed by atoms with van der Waals surface area (Å²) >= 11 is 1.84. The fourth-order valence-electron chi connectivity index (χ4n) is 5.43. The normalized spacial score (nSPS) is 12.4. The highest BCUT2D eigenvalue weighted by Gasteiger charge is 2.20. The maximum Gasteiger partial charge on any atom is 0.160 e. The third-order valence-corrected chi connectivity index (χ3v) is 8.16. The average molecular weight is 504 g/mol. The van der Waals surface area contributed by atoms with Crippen molar-refractivity contribution < 1.29 is 4.42 Å². The van der Waals surface area contributed by atoms with Crippen LogP contribution in [0.15, 0.2) is 76.5 Å². The van der Waals surface area contributed by atoms with Crippen molar-refractivity contribution >= 4 is 43.3 Å². The predicted molar refractivity (Wildman–Crippen MR) is 160 cm³/mol. The number of rotatable bonds is 4. The standard InChI is InChI=1S/C34H33NOS/c1-20(2)13-25-19-37-32-17-23(11-12-27(25)32)28-18-30(35-31-14-21(3)36-33(28)31)24-15-22-9-7-8-10-26(22)29(16-24)34(4,5)6/h7-12,14-20H,13H2,1-6H3. The zero-order valence-electron chi connectivity index (χ0n) is 22.5. The second-order valence-corrected chi connectivity index (χ2v) is 12.6. The molecule has 2 nitrogen and oxygen atoms in total. The molecule has 3 heteroatoms. The van der Waals surface area contributed by atoms with Crippen LogP contribution in [0.1, 0.15) is 51.5 Å². The molecule has 186 valence electrons. The first-order chi connectivity index (χ1) is 17.7. The first kappa shape index (κ1) is 23.9.